The van der Waals surface area contributed by atoms with E-state index in [1.54, 1.807) is 19.6 Å². The van der Waals surface area contributed by atoms with Crippen molar-refractivity contribution in [1.29, 1.82) is 0 Å². The van der Waals surface area contributed by atoms with E-state index in [9.17, 15) is 31.5 Å². The summed E-state index contributed by atoms with van der Waals surface area (Å²) in [6, 6.07) is 4.03. The molecular formula is C13H13F5O4Si. The molecule has 0 aliphatic rings. The molecule has 0 fully saturated rings. The van der Waals surface area contributed by atoms with E-state index < -0.39 is 38.1 Å². The smallest absolute Gasteiger partial charge is 0.465 e. The van der Waals surface area contributed by atoms with Crippen LogP contribution in [0.5, 0.6) is 5.75 Å². The van der Waals surface area contributed by atoms with Crippen LogP contribution < -0.4 is 4.74 Å². The van der Waals surface area contributed by atoms with E-state index >= 15 is 0 Å². The topological polar surface area (TPSA) is 52.6 Å². The minimum absolute atomic E-state index is 0.0507. The van der Waals surface area contributed by atoms with Gasteiger partial charge in [-0.2, -0.15) is 22.0 Å². The van der Waals surface area contributed by atoms with Crippen molar-refractivity contribution in [3.8, 4) is 5.75 Å². The Labute approximate surface area is 129 Å². The number of benzene rings is 1. The third-order valence-electron chi connectivity index (χ3n) is 2.31. The van der Waals surface area contributed by atoms with Gasteiger partial charge in [-0.05, 0) is 43.9 Å². The first kappa shape index (κ1) is 19.1. The maximum Gasteiger partial charge on any atom is 0.465 e. The molecule has 0 bridgehead atoms. The first-order valence-corrected chi connectivity index (χ1v) is 9.65. The zero-order valence-corrected chi connectivity index (χ0v) is 13.3. The van der Waals surface area contributed by atoms with Gasteiger partial charge in [-0.3, -0.25) is 0 Å². The summed E-state index contributed by atoms with van der Waals surface area (Å²) in [5.74, 6) is -9.59. The summed E-state index contributed by atoms with van der Waals surface area (Å²) in [6.07, 6.45) is -6.05. The van der Waals surface area contributed by atoms with E-state index in [1.165, 1.54) is 0 Å². The van der Waals surface area contributed by atoms with Crippen LogP contribution in [0, 0.1) is 0 Å². The van der Waals surface area contributed by atoms with Gasteiger partial charge < -0.3 is 9.16 Å². The second-order valence-electron chi connectivity index (χ2n) is 5.49. The van der Waals surface area contributed by atoms with Crippen molar-refractivity contribution in [2.45, 2.75) is 31.7 Å². The number of halogens is 5. The van der Waals surface area contributed by atoms with Crippen molar-refractivity contribution in [2.24, 2.45) is 0 Å². The van der Waals surface area contributed by atoms with E-state index in [-0.39, 0.29) is 5.56 Å². The van der Waals surface area contributed by atoms with Gasteiger partial charge >= 0.3 is 24.0 Å². The SMILES string of the molecule is C[Si](C)(C)OC(=O)c1ccc(OC(=O)C(F)(F)C(F)(F)F)cc1. The summed E-state index contributed by atoms with van der Waals surface area (Å²) in [6.45, 7) is 5.29. The molecule has 0 aliphatic carbocycles. The highest BCUT2D eigenvalue weighted by atomic mass is 28.4. The Hall–Kier alpha value is -1.97. The number of hydrogen-bond donors (Lipinski definition) is 0. The van der Waals surface area contributed by atoms with Crippen molar-refractivity contribution >= 4 is 20.3 Å². The lowest BCUT2D eigenvalue weighted by Crippen LogP contribution is -2.46. The molecule has 0 aromatic heterocycles. The predicted molar refractivity (Wildman–Crippen MR) is 71.8 cm³/mol. The lowest BCUT2D eigenvalue weighted by Gasteiger charge is -2.18. The molecule has 4 nitrogen and oxygen atoms in total. The lowest BCUT2D eigenvalue weighted by molar-refractivity contribution is -0.276. The number of carbonyl (C=O) groups excluding carboxylic acids is 2. The van der Waals surface area contributed by atoms with E-state index in [2.05, 4.69) is 4.74 Å². The van der Waals surface area contributed by atoms with E-state index in [4.69, 9.17) is 4.43 Å². The van der Waals surface area contributed by atoms with Crippen molar-refractivity contribution in [1.82, 2.24) is 0 Å². The molecular weight excluding hydrogens is 343 g/mol. The number of rotatable bonds is 4. The Morgan fingerprint density at radius 2 is 1.43 bits per heavy atom. The van der Waals surface area contributed by atoms with E-state index in [0.717, 1.165) is 24.3 Å². The molecule has 0 heterocycles. The quantitative estimate of drug-likeness (QED) is 0.357. The molecule has 0 N–H and O–H groups in total. The van der Waals surface area contributed by atoms with Crippen molar-refractivity contribution in [3.05, 3.63) is 29.8 Å². The zero-order valence-electron chi connectivity index (χ0n) is 12.3. The Bertz CT molecular complexity index is 590. The van der Waals surface area contributed by atoms with Gasteiger partial charge in [-0.15, -0.1) is 0 Å². The molecule has 1 aromatic carbocycles. The first-order valence-electron chi connectivity index (χ1n) is 6.24. The fourth-order valence-corrected chi connectivity index (χ4v) is 1.96. The molecule has 128 valence electrons. The molecule has 0 radical (unpaired) electrons. The van der Waals surface area contributed by atoms with Crippen LogP contribution in [-0.2, 0) is 9.22 Å². The van der Waals surface area contributed by atoms with Crippen molar-refractivity contribution in [3.63, 3.8) is 0 Å². The first-order chi connectivity index (χ1) is 10.2. The normalized spacial score (nSPS) is 12.7. The molecule has 0 spiro atoms. The molecule has 0 aliphatic heterocycles. The Balaban J connectivity index is 2.83. The van der Waals surface area contributed by atoms with Gasteiger partial charge in [-0.1, -0.05) is 0 Å². The van der Waals surface area contributed by atoms with Crippen LogP contribution in [0.2, 0.25) is 19.6 Å². The van der Waals surface area contributed by atoms with E-state index in [0.29, 0.717) is 0 Å². The Morgan fingerprint density at radius 3 is 1.83 bits per heavy atom. The molecule has 23 heavy (non-hydrogen) atoms. The Morgan fingerprint density at radius 1 is 0.957 bits per heavy atom. The highest BCUT2D eigenvalue weighted by Crippen LogP contribution is 2.36. The van der Waals surface area contributed by atoms with Crippen molar-refractivity contribution < 1.29 is 40.7 Å². The molecule has 0 atom stereocenters. The summed E-state index contributed by atoms with van der Waals surface area (Å²) in [5.41, 5.74) is 0.0507. The zero-order chi connectivity index (χ0) is 18.1. The summed E-state index contributed by atoms with van der Waals surface area (Å²) < 4.78 is 70.6. The second kappa shape index (κ2) is 6.26. The van der Waals surface area contributed by atoms with Crippen LogP contribution in [0.1, 0.15) is 10.4 Å². The van der Waals surface area contributed by atoms with Crippen LogP contribution in [0.15, 0.2) is 24.3 Å². The van der Waals surface area contributed by atoms with Crippen LogP contribution in [0.25, 0.3) is 0 Å². The maximum atomic E-state index is 12.7. The fraction of sp³-hybridized carbons (Fsp3) is 0.385. The van der Waals surface area contributed by atoms with Crippen LogP contribution in [-0.4, -0.2) is 32.4 Å². The predicted octanol–water partition coefficient (Wildman–Crippen LogP) is 3.78. The van der Waals surface area contributed by atoms with Crippen LogP contribution in [0.3, 0.4) is 0 Å². The van der Waals surface area contributed by atoms with Gasteiger partial charge in [0, 0.05) is 0 Å². The Kier molecular flexibility index (Phi) is 5.19. The van der Waals surface area contributed by atoms with Crippen LogP contribution >= 0.6 is 0 Å². The van der Waals surface area contributed by atoms with Gasteiger partial charge in [-0.25, -0.2) is 9.59 Å². The number of carbonyl (C=O) groups is 2. The number of esters is 1. The van der Waals surface area contributed by atoms with Gasteiger partial charge in [0.1, 0.15) is 5.75 Å². The monoisotopic (exact) mass is 356 g/mol. The standard InChI is InChI=1S/C13H13F5O4Si/c1-23(2,3)22-10(19)8-4-6-9(7-5-8)21-11(20)12(14,15)13(16,17)18/h4-7H,1-3H3. The molecule has 0 amide bonds. The van der Waals surface area contributed by atoms with E-state index in [1.807, 2.05) is 0 Å². The highest BCUT2D eigenvalue weighted by Gasteiger charge is 2.65. The summed E-state index contributed by atoms with van der Waals surface area (Å²) >= 11 is 0. The molecule has 0 unspecified atom stereocenters. The third kappa shape index (κ3) is 5.01. The summed E-state index contributed by atoms with van der Waals surface area (Å²) in [4.78, 5) is 22.6. The third-order valence-corrected chi connectivity index (χ3v) is 3.11. The average molecular weight is 356 g/mol. The van der Waals surface area contributed by atoms with Gasteiger partial charge in [0.2, 0.25) is 8.32 Å². The number of ether oxygens (including phenoxy) is 1. The fourth-order valence-electron chi connectivity index (χ4n) is 1.28. The summed E-state index contributed by atoms with van der Waals surface area (Å²) in [5, 5.41) is 0. The minimum Gasteiger partial charge on any atom is -0.516 e. The molecule has 10 heteroatoms. The number of alkyl halides is 5. The molecule has 0 saturated heterocycles. The van der Waals surface area contributed by atoms with Gasteiger partial charge in [0.25, 0.3) is 0 Å². The minimum atomic E-state index is -6.05. The summed E-state index contributed by atoms with van der Waals surface area (Å²) in [7, 11) is -2.15. The van der Waals surface area contributed by atoms with Gasteiger partial charge in [0.15, 0.2) is 0 Å². The molecule has 1 aromatic rings. The highest BCUT2D eigenvalue weighted by molar-refractivity contribution is 6.71. The molecule has 0 saturated carbocycles. The van der Waals surface area contributed by atoms with Crippen molar-refractivity contribution in [2.75, 3.05) is 0 Å². The van der Waals surface area contributed by atoms with Gasteiger partial charge in [0.05, 0.1) is 5.56 Å². The maximum absolute atomic E-state index is 12.7. The average Bonchev–Trinajstić information content (AvgIpc) is 2.36. The number of hydrogen-bond acceptors (Lipinski definition) is 4. The lowest BCUT2D eigenvalue weighted by atomic mass is 10.2. The molecule has 1 rings (SSSR count). The second-order valence-corrected chi connectivity index (χ2v) is 9.92. The van der Waals surface area contributed by atoms with Crippen LogP contribution in [0.4, 0.5) is 22.0 Å². The largest absolute Gasteiger partial charge is 0.516 e.